The number of carbonyl (C=O) groups is 1. The molecule has 0 aromatic carbocycles. The van der Waals surface area contributed by atoms with Crippen molar-refractivity contribution in [3.63, 3.8) is 0 Å². The maximum atomic E-state index is 11.7. The molecule has 1 amide bonds. The highest BCUT2D eigenvalue weighted by molar-refractivity contribution is 5.80. The molecule has 0 aromatic heterocycles. The Morgan fingerprint density at radius 2 is 2.28 bits per heavy atom. The molecule has 0 spiro atoms. The van der Waals surface area contributed by atoms with Gasteiger partial charge < -0.3 is 20.5 Å². The van der Waals surface area contributed by atoms with Gasteiger partial charge in [0.25, 0.3) is 0 Å². The summed E-state index contributed by atoms with van der Waals surface area (Å²) < 4.78 is 5.28. The predicted molar refractivity (Wildman–Crippen MR) is 67.3 cm³/mol. The van der Waals surface area contributed by atoms with Crippen LogP contribution in [0.3, 0.4) is 0 Å². The molecule has 0 radical (unpaired) electrons. The molecule has 2 unspecified atom stereocenters. The van der Waals surface area contributed by atoms with E-state index in [-0.39, 0.29) is 12.0 Å². The molecule has 2 fully saturated rings. The van der Waals surface area contributed by atoms with Crippen molar-refractivity contribution in [2.75, 3.05) is 45.9 Å². The van der Waals surface area contributed by atoms with Crippen molar-refractivity contribution in [3.05, 3.63) is 0 Å². The Morgan fingerprint density at radius 3 is 2.94 bits per heavy atom. The smallest absolute Gasteiger partial charge is 0.249 e. The van der Waals surface area contributed by atoms with Gasteiger partial charge in [-0.3, -0.25) is 9.69 Å². The second-order valence-corrected chi connectivity index (χ2v) is 4.95. The van der Waals surface area contributed by atoms with Crippen LogP contribution in [0.1, 0.15) is 12.8 Å². The number of nitrogens with one attached hydrogen (secondary N) is 2. The molecule has 0 aliphatic carbocycles. The SMILES string of the molecule is O=C(NCC(O)CN1CCNCC1)C1CCCO1. The summed E-state index contributed by atoms with van der Waals surface area (Å²) in [4.78, 5) is 13.9. The number of aliphatic hydroxyl groups excluding tert-OH is 1. The first-order valence-electron chi connectivity index (χ1n) is 6.76. The Hall–Kier alpha value is -0.690. The number of hydrogen-bond acceptors (Lipinski definition) is 5. The van der Waals surface area contributed by atoms with Gasteiger partial charge in [0.15, 0.2) is 0 Å². The van der Waals surface area contributed by atoms with Crippen LogP contribution in [0.5, 0.6) is 0 Å². The molecule has 6 nitrogen and oxygen atoms in total. The van der Waals surface area contributed by atoms with Gasteiger partial charge in [-0.1, -0.05) is 0 Å². The second-order valence-electron chi connectivity index (χ2n) is 4.95. The number of rotatable bonds is 5. The average Bonchev–Trinajstić information content (AvgIpc) is 2.91. The molecule has 104 valence electrons. The summed E-state index contributed by atoms with van der Waals surface area (Å²) in [6.07, 6.45) is 0.922. The van der Waals surface area contributed by atoms with Crippen molar-refractivity contribution in [2.24, 2.45) is 0 Å². The largest absolute Gasteiger partial charge is 0.390 e. The van der Waals surface area contributed by atoms with E-state index >= 15 is 0 Å². The third kappa shape index (κ3) is 4.20. The monoisotopic (exact) mass is 257 g/mol. The van der Waals surface area contributed by atoms with E-state index in [1.165, 1.54) is 0 Å². The lowest BCUT2D eigenvalue weighted by molar-refractivity contribution is -0.130. The Morgan fingerprint density at radius 1 is 1.50 bits per heavy atom. The van der Waals surface area contributed by atoms with Crippen molar-refractivity contribution in [1.29, 1.82) is 0 Å². The summed E-state index contributed by atoms with van der Waals surface area (Å²) in [7, 11) is 0. The van der Waals surface area contributed by atoms with Gasteiger partial charge in [0, 0.05) is 45.9 Å². The Bertz CT molecular complexity index is 263. The minimum Gasteiger partial charge on any atom is -0.390 e. The van der Waals surface area contributed by atoms with Crippen LogP contribution in [0, 0.1) is 0 Å². The van der Waals surface area contributed by atoms with Gasteiger partial charge in [0.05, 0.1) is 6.10 Å². The van der Waals surface area contributed by atoms with Crippen molar-refractivity contribution in [1.82, 2.24) is 15.5 Å². The zero-order valence-electron chi connectivity index (χ0n) is 10.7. The maximum Gasteiger partial charge on any atom is 0.249 e. The first-order valence-corrected chi connectivity index (χ1v) is 6.76. The summed E-state index contributed by atoms with van der Waals surface area (Å²) in [5.74, 6) is -0.0909. The molecular formula is C12H23N3O3. The van der Waals surface area contributed by atoms with Crippen LogP contribution >= 0.6 is 0 Å². The molecule has 2 rings (SSSR count). The second kappa shape index (κ2) is 7.04. The van der Waals surface area contributed by atoms with E-state index in [2.05, 4.69) is 15.5 Å². The van der Waals surface area contributed by atoms with Crippen LogP contribution in [-0.2, 0) is 9.53 Å². The zero-order chi connectivity index (χ0) is 12.8. The highest BCUT2D eigenvalue weighted by Gasteiger charge is 2.24. The molecule has 0 aromatic rings. The summed E-state index contributed by atoms with van der Waals surface area (Å²) in [6, 6.07) is 0. The summed E-state index contributed by atoms with van der Waals surface area (Å²) >= 11 is 0. The highest BCUT2D eigenvalue weighted by atomic mass is 16.5. The standard InChI is InChI=1S/C12H23N3O3/c16-10(9-15-5-3-13-4-6-15)8-14-12(17)11-2-1-7-18-11/h10-11,13,16H,1-9H2,(H,14,17). The van der Waals surface area contributed by atoms with Crippen LogP contribution < -0.4 is 10.6 Å². The first kappa shape index (κ1) is 13.7. The number of ether oxygens (including phenoxy) is 1. The van der Waals surface area contributed by atoms with Crippen LogP contribution in [0.15, 0.2) is 0 Å². The number of carbonyl (C=O) groups excluding carboxylic acids is 1. The van der Waals surface area contributed by atoms with Crippen LogP contribution in [0.25, 0.3) is 0 Å². The normalized spacial score (nSPS) is 27.1. The zero-order valence-corrected chi connectivity index (χ0v) is 10.7. The summed E-state index contributed by atoms with van der Waals surface area (Å²) in [5, 5.41) is 15.9. The fraction of sp³-hybridized carbons (Fsp3) is 0.917. The van der Waals surface area contributed by atoms with Crippen molar-refractivity contribution >= 4 is 5.91 Å². The quantitative estimate of drug-likeness (QED) is 0.562. The molecular weight excluding hydrogens is 234 g/mol. The highest BCUT2D eigenvalue weighted by Crippen LogP contribution is 2.11. The van der Waals surface area contributed by atoms with Gasteiger partial charge in [0.1, 0.15) is 6.10 Å². The molecule has 2 saturated heterocycles. The van der Waals surface area contributed by atoms with Gasteiger partial charge in [-0.05, 0) is 12.8 Å². The maximum absolute atomic E-state index is 11.7. The molecule has 2 atom stereocenters. The molecule has 2 aliphatic rings. The average molecular weight is 257 g/mol. The van der Waals surface area contributed by atoms with Gasteiger partial charge in [-0.15, -0.1) is 0 Å². The molecule has 18 heavy (non-hydrogen) atoms. The van der Waals surface area contributed by atoms with E-state index in [1.807, 2.05) is 0 Å². The third-order valence-electron chi connectivity index (χ3n) is 3.41. The Kier molecular flexibility index (Phi) is 5.37. The van der Waals surface area contributed by atoms with E-state index in [0.717, 1.165) is 39.0 Å². The number of β-amino-alcohol motifs (C(OH)–C–C–N with tert-alkyl or cyclic N) is 1. The lowest BCUT2D eigenvalue weighted by Crippen LogP contribution is -2.48. The Balaban J connectivity index is 1.61. The topological polar surface area (TPSA) is 73.8 Å². The Labute approximate surface area is 108 Å². The number of hydrogen-bond donors (Lipinski definition) is 3. The molecule has 2 aliphatic heterocycles. The van der Waals surface area contributed by atoms with E-state index in [0.29, 0.717) is 19.7 Å². The fourth-order valence-electron chi connectivity index (χ4n) is 2.37. The van der Waals surface area contributed by atoms with Crippen LogP contribution in [0.4, 0.5) is 0 Å². The molecule has 0 saturated carbocycles. The van der Waals surface area contributed by atoms with Crippen molar-refractivity contribution in [3.8, 4) is 0 Å². The van der Waals surface area contributed by atoms with Crippen molar-refractivity contribution < 1.29 is 14.6 Å². The molecule has 6 heteroatoms. The molecule has 0 bridgehead atoms. The molecule has 2 heterocycles. The minimum atomic E-state index is -0.506. The fourth-order valence-corrected chi connectivity index (χ4v) is 2.37. The third-order valence-corrected chi connectivity index (χ3v) is 3.41. The number of nitrogens with zero attached hydrogens (tertiary/aromatic N) is 1. The lowest BCUT2D eigenvalue weighted by atomic mass is 10.2. The van der Waals surface area contributed by atoms with Crippen LogP contribution in [0.2, 0.25) is 0 Å². The lowest BCUT2D eigenvalue weighted by Gasteiger charge is -2.29. The molecule has 3 N–H and O–H groups in total. The minimum absolute atomic E-state index is 0.0909. The van der Waals surface area contributed by atoms with E-state index in [4.69, 9.17) is 4.74 Å². The first-order chi connectivity index (χ1) is 8.75. The van der Waals surface area contributed by atoms with Gasteiger partial charge in [0.2, 0.25) is 5.91 Å². The summed E-state index contributed by atoms with van der Waals surface area (Å²) in [6.45, 7) is 5.44. The van der Waals surface area contributed by atoms with Crippen molar-refractivity contribution in [2.45, 2.75) is 25.0 Å². The predicted octanol–water partition coefficient (Wildman–Crippen LogP) is -1.45. The summed E-state index contributed by atoms with van der Waals surface area (Å²) in [5.41, 5.74) is 0. The van der Waals surface area contributed by atoms with Gasteiger partial charge in [-0.25, -0.2) is 0 Å². The number of amides is 1. The van der Waals surface area contributed by atoms with E-state index < -0.39 is 6.10 Å². The van der Waals surface area contributed by atoms with E-state index in [9.17, 15) is 9.90 Å². The number of piperazine rings is 1. The van der Waals surface area contributed by atoms with Gasteiger partial charge in [-0.2, -0.15) is 0 Å². The van der Waals surface area contributed by atoms with Gasteiger partial charge >= 0.3 is 0 Å². The van der Waals surface area contributed by atoms with Crippen LogP contribution in [-0.4, -0.2) is 74.0 Å². The number of aliphatic hydroxyl groups is 1. The van der Waals surface area contributed by atoms with E-state index in [1.54, 1.807) is 0 Å².